The Balaban J connectivity index is 1.55. The monoisotopic (exact) mass is 299 g/mol. The van der Waals surface area contributed by atoms with Crippen molar-refractivity contribution in [3.63, 3.8) is 0 Å². The Morgan fingerprint density at radius 2 is 1.19 bits per heavy atom. The molecular formula is C16H29NO4. The molecule has 0 bridgehead atoms. The maximum atomic E-state index is 6.41. The average Bonchev–Trinajstić information content (AvgIpc) is 2.94. The minimum absolute atomic E-state index is 0.0877. The quantitative estimate of drug-likeness (QED) is 0.845. The normalized spacial score (nSPS) is 55.0. The molecule has 0 aromatic heterocycles. The van der Waals surface area contributed by atoms with Crippen LogP contribution in [0.15, 0.2) is 0 Å². The Kier molecular flexibility index (Phi) is 4.58. The van der Waals surface area contributed by atoms with Crippen molar-refractivity contribution in [3.05, 3.63) is 0 Å². The van der Waals surface area contributed by atoms with E-state index in [9.17, 15) is 0 Å². The maximum Gasteiger partial charge on any atom is 0.162 e. The molecule has 1 saturated carbocycles. The zero-order valence-electron chi connectivity index (χ0n) is 13.5. The van der Waals surface area contributed by atoms with Crippen molar-refractivity contribution >= 4 is 0 Å². The number of nitrogens with two attached hydrogens (primary N) is 1. The second-order valence-electron chi connectivity index (χ2n) is 7.00. The zero-order valence-corrected chi connectivity index (χ0v) is 13.5. The Morgan fingerprint density at radius 3 is 1.67 bits per heavy atom. The lowest BCUT2D eigenvalue weighted by molar-refractivity contribution is -0.143. The van der Waals surface area contributed by atoms with Crippen LogP contribution in [0.4, 0.5) is 0 Å². The fourth-order valence-corrected chi connectivity index (χ4v) is 3.62. The molecule has 122 valence electrons. The largest absolute Gasteiger partial charge is 0.347 e. The molecule has 0 amide bonds. The Bertz CT molecular complexity index is 346. The number of rotatable bonds is 2. The summed E-state index contributed by atoms with van der Waals surface area (Å²) in [7, 11) is 0. The van der Waals surface area contributed by atoms with Crippen molar-refractivity contribution in [3.8, 4) is 0 Å². The molecular weight excluding hydrogens is 270 g/mol. The smallest absolute Gasteiger partial charge is 0.162 e. The molecule has 2 aliphatic heterocycles. The van der Waals surface area contributed by atoms with E-state index in [0.29, 0.717) is 5.92 Å². The highest BCUT2D eigenvalue weighted by molar-refractivity contribution is 4.89. The number of hydrogen-bond acceptors (Lipinski definition) is 5. The molecule has 0 aromatic carbocycles. The van der Waals surface area contributed by atoms with Gasteiger partial charge < -0.3 is 24.7 Å². The third-order valence-electron chi connectivity index (χ3n) is 5.45. The van der Waals surface area contributed by atoms with E-state index in [1.807, 2.05) is 0 Å². The van der Waals surface area contributed by atoms with Gasteiger partial charge in [-0.2, -0.15) is 0 Å². The molecule has 0 aromatic rings. The van der Waals surface area contributed by atoms with Crippen LogP contribution in [0.2, 0.25) is 0 Å². The topological polar surface area (TPSA) is 62.9 Å². The summed E-state index contributed by atoms with van der Waals surface area (Å²) in [4.78, 5) is 0. The minimum Gasteiger partial charge on any atom is -0.347 e. The van der Waals surface area contributed by atoms with Gasteiger partial charge in [0.15, 0.2) is 12.6 Å². The van der Waals surface area contributed by atoms with Gasteiger partial charge in [-0.05, 0) is 47.0 Å². The first-order valence-corrected chi connectivity index (χ1v) is 8.33. The second kappa shape index (κ2) is 6.13. The van der Waals surface area contributed by atoms with Crippen LogP contribution >= 0.6 is 0 Å². The van der Waals surface area contributed by atoms with Crippen molar-refractivity contribution in [1.82, 2.24) is 0 Å². The van der Waals surface area contributed by atoms with E-state index in [0.717, 1.165) is 19.3 Å². The summed E-state index contributed by atoms with van der Waals surface area (Å²) in [6.07, 6.45) is 3.42. The summed E-state index contributed by atoms with van der Waals surface area (Å²) in [6, 6.07) is 0.0877. The molecule has 0 radical (unpaired) electrons. The molecule has 3 aliphatic rings. The van der Waals surface area contributed by atoms with E-state index in [4.69, 9.17) is 24.7 Å². The van der Waals surface area contributed by atoms with Gasteiger partial charge in [0.25, 0.3) is 0 Å². The fourth-order valence-electron chi connectivity index (χ4n) is 3.62. The molecule has 5 nitrogen and oxygen atoms in total. The van der Waals surface area contributed by atoms with Gasteiger partial charge in [0, 0.05) is 17.9 Å². The highest BCUT2D eigenvalue weighted by Crippen LogP contribution is 2.39. The van der Waals surface area contributed by atoms with Crippen molar-refractivity contribution in [1.29, 1.82) is 0 Å². The highest BCUT2D eigenvalue weighted by atomic mass is 16.7. The van der Waals surface area contributed by atoms with E-state index in [2.05, 4.69) is 27.7 Å². The van der Waals surface area contributed by atoms with E-state index in [1.165, 1.54) is 0 Å². The van der Waals surface area contributed by atoms with Gasteiger partial charge >= 0.3 is 0 Å². The standard InChI is InChI=1S/C16H29NO4/c1-8-9(2)19-15(18-8)12-5-6-13(14(17)7-12)16-20-10(3)11(4)21-16/h8-16H,5-7,17H2,1-4H3/t8-,9?,10?,11?,12?,13?,14?,15?,16?/m0/s1. The molecule has 7 unspecified atom stereocenters. The van der Waals surface area contributed by atoms with E-state index in [-0.39, 0.29) is 49.0 Å². The van der Waals surface area contributed by atoms with Crippen molar-refractivity contribution < 1.29 is 18.9 Å². The summed E-state index contributed by atoms with van der Waals surface area (Å²) in [5.41, 5.74) is 6.41. The van der Waals surface area contributed by atoms with Gasteiger partial charge in [-0.15, -0.1) is 0 Å². The second-order valence-corrected chi connectivity index (χ2v) is 7.00. The molecule has 2 heterocycles. The van der Waals surface area contributed by atoms with Gasteiger partial charge in [-0.1, -0.05) is 0 Å². The van der Waals surface area contributed by atoms with Crippen LogP contribution in [0.1, 0.15) is 47.0 Å². The van der Waals surface area contributed by atoms with Crippen LogP contribution in [0.5, 0.6) is 0 Å². The SMILES string of the molecule is CC1OC(C2CCC(C3OC(C)[C@H](C)O3)CC2N)OC1C. The predicted molar refractivity (Wildman–Crippen MR) is 78.6 cm³/mol. The Labute approximate surface area is 127 Å². The Morgan fingerprint density at radius 1 is 0.714 bits per heavy atom. The molecule has 5 heteroatoms. The summed E-state index contributed by atoms with van der Waals surface area (Å²) >= 11 is 0. The van der Waals surface area contributed by atoms with E-state index < -0.39 is 0 Å². The molecule has 3 fully saturated rings. The highest BCUT2D eigenvalue weighted by Gasteiger charge is 2.44. The molecule has 21 heavy (non-hydrogen) atoms. The lowest BCUT2D eigenvalue weighted by Gasteiger charge is -2.37. The summed E-state index contributed by atoms with van der Waals surface area (Å²) in [5, 5.41) is 0. The molecule has 1 aliphatic carbocycles. The maximum absolute atomic E-state index is 6.41. The molecule has 8 atom stereocenters. The first kappa shape index (κ1) is 15.7. The molecule has 0 spiro atoms. The van der Waals surface area contributed by atoms with Gasteiger partial charge in [0.1, 0.15) is 0 Å². The zero-order chi connectivity index (χ0) is 15.1. The van der Waals surface area contributed by atoms with E-state index in [1.54, 1.807) is 0 Å². The van der Waals surface area contributed by atoms with Gasteiger partial charge in [-0.3, -0.25) is 0 Å². The molecule has 2 N–H and O–H groups in total. The molecule has 2 saturated heterocycles. The van der Waals surface area contributed by atoms with Gasteiger partial charge in [0.05, 0.1) is 24.4 Å². The summed E-state index contributed by atoms with van der Waals surface area (Å²) < 4.78 is 23.7. The van der Waals surface area contributed by atoms with Crippen molar-refractivity contribution in [2.75, 3.05) is 0 Å². The van der Waals surface area contributed by atoms with Gasteiger partial charge in [-0.25, -0.2) is 0 Å². The Hall–Kier alpha value is -0.200. The third-order valence-corrected chi connectivity index (χ3v) is 5.45. The lowest BCUT2D eigenvalue weighted by Crippen LogP contribution is -2.45. The first-order chi connectivity index (χ1) is 9.95. The fraction of sp³-hybridized carbons (Fsp3) is 1.00. The van der Waals surface area contributed by atoms with Gasteiger partial charge in [0.2, 0.25) is 0 Å². The lowest BCUT2D eigenvalue weighted by atomic mass is 9.78. The van der Waals surface area contributed by atoms with Crippen LogP contribution in [0, 0.1) is 11.8 Å². The number of hydrogen-bond donors (Lipinski definition) is 1. The van der Waals surface area contributed by atoms with Crippen LogP contribution in [0.3, 0.4) is 0 Å². The van der Waals surface area contributed by atoms with E-state index >= 15 is 0 Å². The van der Waals surface area contributed by atoms with Crippen LogP contribution < -0.4 is 5.73 Å². The van der Waals surface area contributed by atoms with Crippen molar-refractivity contribution in [2.45, 2.75) is 90.0 Å². The summed E-state index contributed by atoms with van der Waals surface area (Å²) in [6.45, 7) is 8.26. The average molecular weight is 299 g/mol. The van der Waals surface area contributed by atoms with Crippen LogP contribution in [0.25, 0.3) is 0 Å². The third kappa shape index (κ3) is 3.13. The minimum atomic E-state index is -0.144. The van der Waals surface area contributed by atoms with Crippen molar-refractivity contribution in [2.24, 2.45) is 17.6 Å². The molecule has 3 rings (SSSR count). The first-order valence-electron chi connectivity index (χ1n) is 8.33. The van der Waals surface area contributed by atoms with Crippen LogP contribution in [-0.2, 0) is 18.9 Å². The summed E-state index contributed by atoms with van der Waals surface area (Å²) in [5.74, 6) is 0.671. The number of ether oxygens (including phenoxy) is 4. The predicted octanol–water partition coefficient (Wildman–Crippen LogP) is 2.03. The van der Waals surface area contributed by atoms with Crippen LogP contribution in [-0.4, -0.2) is 43.0 Å².